The molecule has 0 aliphatic rings. The van der Waals surface area contributed by atoms with Crippen LogP contribution in [0.2, 0.25) is 0 Å². The average Bonchev–Trinajstić information content (AvgIpc) is 3.10. The monoisotopic (exact) mass is 788 g/mol. The Morgan fingerprint density at radius 2 is 0.870 bits per heavy atom. The van der Waals surface area contributed by atoms with Crippen molar-refractivity contribution in [2.24, 2.45) is 20.5 Å². The maximum Gasteiger partial charge on any atom is 1.00 e. The van der Waals surface area contributed by atoms with Crippen LogP contribution >= 0.6 is 0 Å². The van der Waals surface area contributed by atoms with Crippen LogP contribution in [0.4, 0.5) is 34.1 Å². The molecule has 0 aliphatic carbocycles. The molecule has 0 atom stereocenters. The first-order valence-electron chi connectivity index (χ1n) is 14.8. The van der Waals surface area contributed by atoms with Crippen molar-refractivity contribution in [1.29, 1.82) is 0 Å². The zero-order valence-electron chi connectivity index (χ0n) is 29.0. The van der Waals surface area contributed by atoms with Gasteiger partial charge in [0.25, 0.3) is 20.2 Å². The molecule has 20 heteroatoms. The predicted octanol–water partition coefficient (Wildman–Crippen LogP) is 0.321. The number of nitrogens with two attached hydrogens (primary N) is 2. The molecule has 0 aromatic heterocycles. The molecule has 0 fully saturated rings. The third-order valence-electron chi connectivity index (χ3n) is 7.99. The first-order valence-corrected chi connectivity index (χ1v) is 17.7. The summed E-state index contributed by atoms with van der Waals surface area (Å²) in [6, 6.07) is 19.7. The van der Waals surface area contributed by atoms with E-state index in [0.717, 1.165) is 12.1 Å². The standard InChI is InChI=1S/C34H28N6O10S2.2Na/c1-49-27-15-17(3-9-23(27)37-39-25-11-5-19-29(51(43,44)45)13-7-21(35)31(19)33(25)41)18-4-10-24(28(16-18)50-2)38-40-26-12-6-20-30(52(46,47)48)14-8-22(36)32(20)34(26)42;;/h3-16,41-42H,35-36H2,1-2H3,(H,43,44,45)(H,46,47,48);;/q;2*+1/p-2. The molecule has 266 valence electrons. The molecule has 0 saturated carbocycles. The Hall–Kier alpha value is -4.34. The molecule has 0 aliphatic heterocycles. The van der Waals surface area contributed by atoms with E-state index in [0.29, 0.717) is 22.6 Å². The third-order valence-corrected chi connectivity index (χ3v) is 9.81. The number of benzene rings is 6. The number of hydrogen-bond acceptors (Lipinski definition) is 14. The summed E-state index contributed by atoms with van der Waals surface area (Å²) in [6.45, 7) is 0. The Morgan fingerprint density at radius 3 is 1.20 bits per heavy atom. The van der Waals surface area contributed by atoms with Crippen LogP contribution < -0.4 is 90.3 Å². The number of rotatable bonds is 9. The van der Waals surface area contributed by atoms with Gasteiger partial charge in [0, 0.05) is 32.9 Å². The van der Waals surface area contributed by atoms with Crippen LogP contribution in [0.3, 0.4) is 0 Å². The second kappa shape index (κ2) is 16.6. The van der Waals surface area contributed by atoms with E-state index in [9.17, 15) is 36.2 Å². The van der Waals surface area contributed by atoms with E-state index in [2.05, 4.69) is 20.5 Å². The molecule has 6 aromatic carbocycles. The van der Waals surface area contributed by atoms with Gasteiger partial charge in [-0.2, -0.15) is 27.1 Å². The Morgan fingerprint density at radius 1 is 0.537 bits per heavy atom. The van der Waals surface area contributed by atoms with Gasteiger partial charge in [-0.05, 0) is 71.8 Å². The molecule has 0 radical (unpaired) electrons. The topological polar surface area (TPSA) is 275 Å². The second-order valence-electron chi connectivity index (χ2n) is 11.1. The van der Waals surface area contributed by atoms with Crippen LogP contribution in [0.1, 0.15) is 0 Å². The normalized spacial score (nSPS) is 11.9. The quantitative estimate of drug-likeness (QED) is 0.0668. The van der Waals surface area contributed by atoms with Gasteiger partial charge in [-0.3, -0.25) is 9.11 Å². The average molecular weight is 789 g/mol. The van der Waals surface area contributed by atoms with E-state index in [4.69, 9.17) is 20.9 Å². The van der Waals surface area contributed by atoms with Gasteiger partial charge < -0.3 is 31.2 Å². The molecule has 0 heterocycles. The van der Waals surface area contributed by atoms with Gasteiger partial charge in [0.15, 0.2) is 0 Å². The Bertz CT molecular complexity index is 2540. The van der Waals surface area contributed by atoms with E-state index >= 15 is 0 Å². The van der Waals surface area contributed by atoms with E-state index in [-0.39, 0.29) is 115 Å². The summed E-state index contributed by atoms with van der Waals surface area (Å²) in [5.41, 5.74) is 13.5. The number of anilines is 2. The summed E-state index contributed by atoms with van der Waals surface area (Å²) >= 11 is 0. The van der Waals surface area contributed by atoms with Gasteiger partial charge in [-0.1, -0.05) is 35.8 Å². The zero-order chi connectivity index (χ0) is 37.5. The van der Waals surface area contributed by atoms with Gasteiger partial charge in [0.05, 0.1) is 25.6 Å². The van der Waals surface area contributed by atoms with Crippen molar-refractivity contribution < 1.29 is 105 Å². The molecule has 0 amide bonds. The Kier molecular flexibility index (Phi) is 13.0. The summed E-state index contributed by atoms with van der Waals surface area (Å²) < 4.78 is 77.3. The van der Waals surface area contributed by atoms with E-state index in [1.54, 1.807) is 36.4 Å². The van der Waals surface area contributed by atoms with Crippen LogP contribution in [0.15, 0.2) is 115 Å². The molecule has 0 spiro atoms. The molecular formula is C34H26N6Na2O10S2. The number of hydrogen-bond donors (Lipinski definition) is 4. The fourth-order valence-electron chi connectivity index (χ4n) is 5.51. The van der Waals surface area contributed by atoms with Crippen LogP contribution in [0.5, 0.6) is 23.0 Å². The summed E-state index contributed by atoms with van der Waals surface area (Å²) in [7, 11) is -6.41. The number of fused-ring (bicyclic) bond motifs is 2. The van der Waals surface area contributed by atoms with Crippen LogP contribution in [0, 0.1) is 0 Å². The second-order valence-corrected chi connectivity index (χ2v) is 13.9. The van der Waals surface area contributed by atoms with Gasteiger partial charge in [-0.15, -0.1) is 10.2 Å². The van der Waals surface area contributed by atoms with E-state index < -0.39 is 41.5 Å². The molecule has 6 rings (SSSR count). The van der Waals surface area contributed by atoms with Crippen molar-refractivity contribution in [3.8, 4) is 34.1 Å². The number of methoxy groups -OCH3 is 2. The zero-order valence-corrected chi connectivity index (χ0v) is 34.6. The minimum Gasteiger partial charge on any atom is -0.870 e. The summed E-state index contributed by atoms with van der Waals surface area (Å²) in [5, 5.41) is 42.4. The predicted molar refractivity (Wildman–Crippen MR) is 189 cm³/mol. The number of nitrogen functional groups attached to an aromatic ring is 2. The van der Waals surface area contributed by atoms with Crippen molar-refractivity contribution in [1.82, 2.24) is 0 Å². The van der Waals surface area contributed by atoms with E-state index in [1.165, 1.54) is 50.6 Å². The molecule has 6 aromatic rings. The molecule has 16 nitrogen and oxygen atoms in total. The molecule has 0 bridgehead atoms. The maximum absolute atomic E-state index is 13.2. The van der Waals surface area contributed by atoms with Crippen LogP contribution in [-0.4, -0.2) is 40.2 Å². The minimum atomic E-state index is -4.62. The molecular weight excluding hydrogens is 763 g/mol. The van der Waals surface area contributed by atoms with E-state index in [1.807, 2.05) is 0 Å². The minimum absolute atomic E-state index is 0. The van der Waals surface area contributed by atoms with Crippen LogP contribution in [-0.2, 0) is 20.2 Å². The third kappa shape index (κ3) is 8.32. The summed E-state index contributed by atoms with van der Waals surface area (Å²) in [5.74, 6) is -0.791. The molecule has 0 saturated heterocycles. The van der Waals surface area contributed by atoms with Crippen molar-refractivity contribution in [2.75, 3.05) is 25.7 Å². The van der Waals surface area contributed by atoms with Gasteiger partial charge in [0.2, 0.25) is 0 Å². The van der Waals surface area contributed by atoms with Gasteiger partial charge in [-0.25, -0.2) is 0 Å². The molecule has 0 unspecified atom stereocenters. The fourth-order valence-corrected chi connectivity index (χ4v) is 6.88. The fraction of sp³-hybridized carbons (Fsp3) is 0.0588. The number of azo groups is 2. The first kappa shape index (κ1) is 42.4. The largest absolute Gasteiger partial charge is 1.00 e. The smallest absolute Gasteiger partial charge is 0.870 e. The SMILES string of the molecule is COc1cc(-c2ccc(N=Nc3ccc4c(S(=O)(=O)O)ccc(N)c4c3[O-])c(OC)c2)ccc1N=Nc1ccc2c(S(=O)(=O)O)ccc(N)c2c1[O-].[Na+].[Na+]. The van der Waals surface area contributed by atoms with Crippen molar-refractivity contribution >= 4 is 75.9 Å². The summed E-state index contributed by atoms with van der Waals surface area (Å²) in [6.07, 6.45) is 0. The van der Waals surface area contributed by atoms with Crippen molar-refractivity contribution in [3.05, 3.63) is 84.9 Å². The van der Waals surface area contributed by atoms with Crippen molar-refractivity contribution in [3.63, 3.8) is 0 Å². The summed E-state index contributed by atoms with van der Waals surface area (Å²) in [4.78, 5) is -0.929. The number of nitrogens with zero attached hydrogens (tertiary/aromatic N) is 4. The Labute approximate surface area is 352 Å². The first-order chi connectivity index (χ1) is 24.6. The molecule has 54 heavy (non-hydrogen) atoms. The van der Waals surface area contributed by atoms with Gasteiger partial charge in [0.1, 0.15) is 32.7 Å². The molecule has 6 N–H and O–H groups in total. The Balaban J connectivity index is 0.00000325. The van der Waals surface area contributed by atoms with Gasteiger partial charge >= 0.3 is 59.1 Å². The number of ether oxygens (including phenoxy) is 2. The van der Waals surface area contributed by atoms with Crippen LogP contribution in [0.25, 0.3) is 32.7 Å². The van der Waals surface area contributed by atoms with Crippen molar-refractivity contribution in [2.45, 2.75) is 9.79 Å². The maximum atomic E-state index is 13.2.